The molecule has 5 heteroatoms. The Bertz CT molecular complexity index is 1470. The predicted octanol–water partition coefficient (Wildman–Crippen LogP) is 7.11. The highest BCUT2D eigenvalue weighted by Crippen LogP contribution is 2.42. The van der Waals surface area contributed by atoms with Crippen LogP contribution in [0.2, 0.25) is 0 Å². The van der Waals surface area contributed by atoms with E-state index in [0.29, 0.717) is 0 Å². The van der Waals surface area contributed by atoms with Crippen LogP contribution in [0.1, 0.15) is 38.8 Å². The van der Waals surface area contributed by atoms with Crippen LogP contribution >= 0.6 is 0 Å². The van der Waals surface area contributed by atoms with Crippen molar-refractivity contribution in [3.8, 4) is 33.8 Å². The number of benzene rings is 4. The van der Waals surface area contributed by atoms with Crippen LogP contribution in [0.25, 0.3) is 33.0 Å². The van der Waals surface area contributed by atoms with Gasteiger partial charge in [0.2, 0.25) is 0 Å². The van der Waals surface area contributed by atoms with Gasteiger partial charge in [-0.3, -0.25) is 0 Å². The molecule has 0 N–H and O–H groups in total. The molecule has 4 aromatic carbocycles. The van der Waals surface area contributed by atoms with E-state index in [-0.39, 0.29) is 18.3 Å². The molecule has 0 aliphatic carbocycles. The van der Waals surface area contributed by atoms with Crippen molar-refractivity contribution >= 4 is 23.4 Å². The molecule has 1 aliphatic rings. The summed E-state index contributed by atoms with van der Waals surface area (Å²) in [6.45, 7) is 12.7. The lowest BCUT2D eigenvalue weighted by Gasteiger charge is -2.32. The quantitative estimate of drug-likeness (QED) is 0.277. The van der Waals surface area contributed by atoms with E-state index in [1.807, 2.05) is 18.2 Å². The fourth-order valence-corrected chi connectivity index (χ4v) is 5.17. The molecule has 0 atom stereocenters. The second-order valence-corrected chi connectivity index (χ2v) is 10.9. The summed E-state index contributed by atoms with van der Waals surface area (Å²) in [7, 11) is 3.01. The maximum atomic E-state index is 6.38. The molecule has 0 unspecified atom stereocenters. The minimum Gasteiger partial charge on any atom is -0.497 e. The smallest absolute Gasteiger partial charge is 0.495 e. The number of methoxy groups -OCH3 is 2. The number of rotatable bonds is 5. The normalized spacial score (nSPS) is 16.3. The van der Waals surface area contributed by atoms with E-state index in [4.69, 9.17) is 18.8 Å². The Kier molecular flexibility index (Phi) is 6.33. The van der Waals surface area contributed by atoms with Gasteiger partial charge < -0.3 is 18.8 Å². The molecule has 190 valence electrons. The highest BCUT2D eigenvalue weighted by molar-refractivity contribution is 6.62. The van der Waals surface area contributed by atoms with E-state index in [1.54, 1.807) is 14.2 Å². The summed E-state index contributed by atoms with van der Waals surface area (Å²) in [5.41, 5.74) is 7.13. The van der Waals surface area contributed by atoms with Crippen molar-refractivity contribution in [3.05, 3.63) is 77.9 Å². The van der Waals surface area contributed by atoms with E-state index in [1.165, 1.54) is 27.5 Å². The molecule has 0 radical (unpaired) electrons. The fourth-order valence-electron chi connectivity index (χ4n) is 5.17. The number of fused-ring (bicyclic) bond motifs is 1. The number of aryl methyl sites for hydroxylation is 2. The molecule has 1 saturated heterocycles. The largest absolute Gasteiger partial charge is 0.497 e. The molecular formula is C32H35BO4. The summed E-state index contributed by atoms with van der Waals surface area (Å²) >= 11 is 0. The first kappa shape index (κ1) is 25.4. The van der Waals surface area contributed by atoms with Gasteiger partial charge >= 0.3 is 7.12 Å². The molecule has 4 nitrogen and oxygen atoms in total. The Morgan fingerprint density at radius 3 is 1.86 bits per heavy atom. The molecule has 0 bridgehead atoms. The highest BCUT2D eigenvalue weighted by atomic mass is 16.7. The van der Waals surface area contributed by atoms with Gasteiger partial charge in [-0.15, -0.1) is 0 Å². The minimum absolute atomic E-state index is 0.378. The maximum absolute atomic E-state index is 6.38. The fraction of sp³-hybridized carbons (Fsp3) is 0.312. The van der Waals surface area contributed by atoms with Gasteiger partial charge in [-0.05, 0) is 98.2 Å². The average molecular weight is 494 g/mol. The number of ether oxygens (including phenoxy) is 2. The van der Waals surface area contributed by atoms with Gasteiger partial charge in [-0.25, -0.2) is 0 Å². The first-order valence-corrected chi connectivity index (χ1v) is 12.8. The van der Waals surface area contributed by atoms with Crippen LogP contribution in [-0.2, 0) is 9.31 Å². The van der Waals surface area contributed by atoms with E-state index >= 15 is 0 Å². The summed E-state index contributed by atoms with van der Waals surface area (Å²) in [6, 6.07) is 23.3. The first-order chi connectivity index (χ1) is 17.6. The lowest BCUT2D eigenvalue weighted by molar-refractivity contribution is 0.00578. The highest BCUT2D eigenvalue weighted by Gasteiger charge is 2.52. The first-order valence-electron chi connectivity index (χ1n) is 12.8. The molecule has 4 aromatic rings. The maximum Gasteiger partial charge on any atom is 0.495 e. The number of hydrogen-bond donors (Lipinski definition) is 0. The van der Waals surface area contributed by atoms with Crippen molar-refractivity contribution in [2.24, 2.45) is 0 Å². The van der Waals surface area contributed by atoms with E-state index in [2.05, 4.69) is 90.1 Å². The van der Waals surface area contributed by atoms with Crippen LogP contribution in [0, 0.1) is 13.8 Å². The van der Waals surface area contributed by atoms with Crippen molar-refractivity contribution in [2.75, 3.05) is 14.2 Å². The van der Waals surface area contributed by atoms with Crippen LogP contribution in [0.4, 0.5) is 0 Å². The lowest BCUT2D eigenvalue weighted by atomic mass is 9.74. The van der Waals surface area contributed by atoms with Crippen LogP contribution < -0.4 is 14.9 Å². The summed E-state index contributed by atoms with van der Waals surface area (Å²) in [5, 5.41) is 2.36. The van der Waals surface area contributed by atoms with Gasteiger partial charge in [0, 0.05) is 5.56 Å². The van der Waals surface area contributed by atoms with Crippen molar-refractivity contribution in [3.63, 3.8) is 0 Å². The lowest BCUT2D eigenvalue weighted by Crippen LogP contribution is -2.41. The summed E-state index contributed by atoms with van der Waals surface area (Å²) in [4.78, 5) is 0. The van der Waals surface area contributed by atoms with Gasteiger partial charge in [0.1, 0.15) is 11.5 Å². The van der Waals surface area contributed by atoms with Gasteiger partial charge in [0.05, 0.1) is 25.4 Å². The van der Waals surface area contributed by atoms with Crippen LogP contribution in [0.5, 0.6) is 11.5 Å². The minimum atomic E-state index is -0.387. The Balaban J connectivity index is 1.69. The Morgan fingerprint density at radius 1 is 0.649 bits per heavy atom. The van der Waals surface area contributed by atoms with Crippen molar-refractivity contribution in [1.82, 2.24) is 0 Å². The van der Waals surface area contributed by atoms with Crippen molar-refractivity contribution in [1.29, 1.82) is 0 Å². The third kappa shape index (κ3) is 4.30. The standard InChI is InChI=1S/C32H35BO4/c1-20-18-28(33-36-31(3,4)32(5,6)37-33)21(2)17-26(20)24-13-9-11-22-12-10-14-25(30(22)24)27-19-23(34-7)15-16-29(27)35-8/h9-19H,1-8H3. The summed E-state index contributed by atoms with van der Waals surface area (Å²) in [5.74, 6) is 1.61. The predicted molar refractivity (Wildman–Crippen MR) is 153 cm³/mol. The molecule has 0 amide bonds. The Morgan fingerprint density at radius 2 is 1.27 bits per heavy atom. The van der Waals surface area contributed by atoms with Crippen molar-refractivity contribution in [2.45, 2.75) is 52.7 Å². The molecule has 37 heavy (non-hydrogen) atoms. The van der Waals surface area contributed by atoms with E-state index < -0.39 is 0 Å². The Hall–Kier alpha value is -3.28. The third-order valence-corrected chi connectivity index (χ3v) is 8.01. The average Bonchev–Trinajstić information content (AvgIpc) is 3.10. The molecule has 1 aliphatic heterocycles. The third-order valence-electron chi connectivity index (χ3n) is 8.01. The molecule has 1 fully saturated rings. The second kappa shape index (κ2) is 9.23. The molecule has 1 heterocycles. The molecule has 5 rings (SSSR count). The molecule has 0 aromatic heterocycles. The van der Waals surface area contributed by atoms with Gasteiger partial charge in [-0.1, -0.05) is 54.1 Å². The Labute approximate surface area is 220 Å². The van der Waals surface area contributed by atoms with Gasteiger partial charge in [-0.2, -0.15) is 0 Å². The van der Waals surface area contributed by atoms with Gasteiger partial charge in [0.15, 0.2) is 0 Å². The zero-order valence-corrected chi connectivity index (χ0v) is 23.1. The van der Waals surface area contributed by atoms with E-state index in [0.717, 1.165) is 33.7 Å². The molecule has 0 spiro atoms. The van der Waals surface area contributed by atoms with Gasteiger partial charge in [0.25, 0.3) is 0 Å². The molecule has 0 saturated carbocycles. The topological polar surface area (TPSA) is 36.9 Å². The molecular weight excluding hydrogens is 459 g/mol. The zero-order valence-electron chi connectivity index (χ0n) is 23.1. The second-order valence-electron chi connectivity index (χ2n) is 10.9. The monoisotopic (exact) mass is 494 g/mol. The summed E-state index contributed by atoms with van der Waals surface area (Å²) in [6.07, 6.45) is 0. The van der Waals surface area contributed by atoms with Crippen LogP contribution in [-0.4, -0.2) is 32.5 Å². The zero-order chi connectivity index (χ0) is 26.5. The van der Waals surface area contributed by atoms with E-state index in [9.17, 15) is 0 Å². The SMILES string of the molecule is COc1ccc(OC)c(-c2cccc3cccc(-c4cc(C)c(B5OC(C)(C)C(C)(C)O5)cc4C)c23)c1. The van der Waals surface area contributed by atoms with Crippen molar-refractivity contribution < 1.29 is 18.8 Å². The van der Waals surface area contributed by atoms with Crippen LogP contribution in [0.3, 0.4) is 0 Å². The number of hydrogen-bond acceptors (Lipinski definition) is 4. The summed E-state index contributed by atoms with van der Waals surface area (Å²) < 4.78 is 24.1. The van der Waals surface area contributed by atoms with Crippen LogP contribution in [0.15, 0.2) is 66.7 Å².